The number of thioether (sulfide) groups is 1. The first-order valence-electron chi connectivity index (χ1n) is 6.70. The molecule has 1 amide bonds. The molecule has 5 nitrogen and oxygen atoms in total. The van der Waals surface area contributed by atoms with Crippen LogP contribution < -0.4 is 10.1 Å². The van der Waals surface area contributed by atoms with Crippen LogP contribution in [0.25, 0.3) is 0 Å². The molecule has 0 radical (unpaired) electrons. The third-order valence-corrected chi connectivity index (χ3v) is 3.87. The van der Waals surface area contributed by atoms with Crippen molar-refractivity contribution >= 4 is 23.5 Å². The van der Waals surface area contributed by atoms with Gasteiger partial charge in [0.25, 0.3) is 0 Å². The van der Waals surface area contributed by atoms with Gasteiger partial charge in [-0.2, -0.15) is 5.10 Å². The normalized spacial score (nSPS) is 10.7. The second-order valence-corrected chi connectivity index (χ2v) is 5.82. The molecule has 2 aromatic rings. The predicted octanol–water partition coefficient (Wildman–Crippen LogP) is 3.20. The molecule has 0 spiro atoms. The molecule has 1 heterocycles. The van der Waals surface area contributed by atoms with E-state index in [0.29, 0.717) is 5.75 Å². The average molecular weight is 305 g/mol. The van der Waals surface area contributed by atoms with Crippen LogP contribution in [0.2, 0.25) is 0 Å². The summed E-state index contributed by atoms with van der Waals surface area (Å²) in [4.78, 5) is 13.0. The molecule has 21 heavy (non-hydrogen) atoms. The Morgan fingerprint density at radius 2 is 2.05 bits per heavy atom. The molecule has 0 fully saturated rings. The minimum Gasteiger partial charge on any atom is -0.497 e. The monoisotopic (exact) mass is 305 g/mol. The van der Waals surface area contributed by atoms with Crippen LogP contribution >= 0.6 is 11.8 Å². The highest BCUT2D eigenvalue weighted by atomic mass is 32.2. The SMILES string of the molecule is COc1ccc(SCC(=O)Nc2ccnn2C(C)C)cc1. The zero-order valence-electron chi connectivity index (χ0n) is 12.4. The van der Waals surface area contributed by atoms with E-state index in [2.05, 4.69) is 10.4 Å². The Kier molecular flexibility index (Phi) is 5.27. The Morgan fingerprint density at radius 3 is 2.67 bits per heavy atom. The third-order valence-electron chi connectivity index (χ3n) is 2.86. The van der Waals surface area contributed by atoms with Gasteiger partial charge in [0.15, 0.2) is 0 Å². The van der Waals surface area contributed by atoms with Crippen LogP contribution in [0.3, 0.4) is 0 Å². The van der Waals surface area contributed by atoms with E-state index in [1.165, 1.54) is 11.8 Å². The number of nitrogens with one attached hydrogen (secondary N) is 1. The maximum Gasteiger partial charge on any atom is 0.235 e. The molecule has 1 aromatic heterocycles. The van der Waals surface area contributed by atoms with E-state index in [1.54, 1.807) is 24.1 Å². The molecule has 0 saturated carbocycles. The Bertz CT molecular complexity index is 593. The van der Waals surface area contributed by atoms with Crippen LogP contribution in [0, 0.1) is 0 Å². The van der Waals surface area contributed by atoms with E-state index in [1.807, 2.05) is 38.1 Å². The van der Waals surface area contributed by atoms with Crippen LogP contribution in [-0.4, -0.2) is 28.6 Å². The minimum atomic E-state index is -0.0433. The van der Waals surface area contributed by atoms with Crippen LogP contribution in [0.15, 0.2) is 41.4 Å². The number of carbonyl (C=O) groups is 1. The van der Waals surface area contributed by atoms with Crippen molar-refractivity contribution in [3.63, 3.8) is 0 Å². The van der Waals surface area contributed by atoms with Crippen molar-refractivity contribution in [2.45, 2.75) is 24.8 Å². The van der Waals surface area contributed by atoms with Gasteiger partial charge in [-0.3, -0.25) is 4.79 Å². The molecule has 6 heteroatoms. The number of amides is 1. The molecule has 0 unspecified atom stereocenters. The van der Waals surface area contributed by atoms with Gasteiger partial charge in [0, 0.05) is 17.0 Å². The number of nitrogens with zero attached hydrogens (tertiary/aromatic N) is 2. The lowest BCUT2D eigenvalue weighted by Gasteiger charge is -2.11. The number of ether oxygens (including phenoxy) is 1. The molecule has 0 bridgehead atoms. The summed E-state index contributed by atoms with van der Waals surface area (Å²) in [6.07, 6.45) is 1.69. The summed E-state index contributed by atoms with van der Waals surface area (Å²) in [6, 6.07) is 9.66. The van der Waals surface area contributed by atoms with Gasteiger partial charge in [0.05, 0.1) is 19.1 Å². The van der Waals surface area contributed by atoms with Crippen LogP contribution in [-0.2, 0) is 4.79 Å². The molecule has 0 atom stereocenters. The Balaban J connectivity index is 1.88. The quantitative estimate of drug-likeness (QED) is 0.833. The van der Waals surface area contributed by atoms with E-state index in [4.69, 9.17) is 4.74 Å². The Morgan fingerprint density at radius 1 is 1.33 bits per heavy atom. The average Bonchev–Trinajstić information content (AvgIpc) is 2.94. The van der Waals surface area contributed by atoms with Gasteiger partial charge in [-0.25, -0.2) is 4.68 Å². The number of rotatable bonds is 6. The lowest BCUT2D eigenvalue weighted by atomic mass is 10.3. The third kappa shape index (κ3) is 4.26. The van der Waals surface area contributed by atoms with Crippen molar-refractivity contribution in [1.29, 1.82) is 0 Å². The van der Waals surface area contributed by atoms with Crippen molar-refractivity contribution in [2.75, 3.05) is 18.2 Å². The first kappa shape index (κ1) is 15.4. The first-order valence-corrected chi connectivity index (χ1v) is 7.69. The molecule has 112 valence electrons. The van der Waals surface area contributed by atoms with Gasteiger partial charge in [0.1, 0.15) is 11.6 Å². The fraction of sp³-hybridized carbons (Fsp3) is 0.333. The van der Waals surface area contributed by atoms with Crippen LogP contribution in [0.5, 0.6) is 5.75 Å². The van der Waals surface area contributed by atoms with Crippen molar-refractivity contribution in [3.05, 3.63) is 36.5 Å². The number of anilines is 1. The summed E-state index contributed by atoms with van der Waals surface area (Å²) in [6.45, 7) is 4.05. The van der Waals surface area contributed by atoms with E-state index >= 15 is 0 Å². The fourth-order valence-electron chi connectivity index (χ4n) is 1.82. The second kappa shape index (κ2) is 7.17. The zero-order valence-corrected chi connectivity index (χ0v) is 13.2. The van der Waals surface area contributed by atoms with Crippen molar-refractivity contribution in [1.82, 2.24) is 9.78 Å². The molecule has 0 aliphatic carbocycles. The number of methoxy groups -OCH3 is 1. The van der Waals surface area contributed by atoms with E-state index in [-0.39, 0.29) is 11.9 Å². The van der Waals surface area contributed by atoms with Gasteiger partial charge in [0.2, 0.25) is 5.91 Å². The predicted molar refractivity (Wildman–Crippen MR) is 85.0 cm³/mol. The molecule has 0 aliphatic rings. The number of benzene rings is 1. The van der Waals surface area contributed by atoms with Crippen molar-refractivity contribution in [2.24, 2.45) is 0 Å². The van der Waals surface area contributed by atoms with Crippen LogP contribution in [0.1, 0.15) is 19.9 Å². The zero-order chi connectivity index (χ0) is 15.2. The number of carbonyl (C=O) groups excluding carboxylic acids is 1. The van der Waals surface area contributed by atoms with Crippen molar-refractivity contribution < 1.29 is 9.53 Å². The molecule has 2 rings (SSSR count). The lowest BCUT2D eigenvalue weighted by molar-refractivity contribution is -0.113. The molecule has 0 aliphatic heterocycles. The van der Waals surface area contributed by atoms with E-state index < -0.39 is 0 Å². The maximum atomic E-state index is 12.0. The van der Waals surface area contributed by atoms with Gasteiger partial charge in [-0.15, -0.1) is 11.8 Å². The smallest absolute Gasteiger partial charge is 0.235 e. The van der Waals surface area contributed by atoms with E-state index in [9.17, 15) is 4.79 Å². The Hall–Kier alpha value is -1.95. The summed E-state index contributed by atoms with van der Waals surface area (Å²) in [7, 11) is 1.63. The standard InChI is InChI=1S/C15H19N3O2S/c1-11(2)18-14(8-9-16-18)17-15(19)10-21-13-6-4-12(20-3)5-7-13/h4-9,11H,10H2,1-3H3,(H,17,19). The second-order valence-electron chi connectivity index (χ2n) is 4.77. The van der Waals surface area contributed by atoms with Crippen molar-refractivity contribution in [3.8, 4) is 5.75 Å². The summed E-state index contributed by atoms with van der Waals surface area (Å²) in [5.74, 6) is 1.85. The first-order chi connectivity index (χ1) is 10.1. The number of aromatic nitrogens is 2. The topological polar surface area (TPSA) is 56.1 Å². The number of hydrogen-bond donors (Lipinski definition) is 1. The molecule has 0 saturated heterocycles. The summed E-state index contributed by atoms with van der Waals surface area (Å²) in [5.41, 5.74) is 0. The highest BCUT2D eigenvalue weighted by molar-refractivity contribution is 8.00. The summed E-state index contributed by atoms with van der Waals surface area (Å²) in [5, 5.41) is 7.07. The molecular formula is C15H19N3O2S. The highest BCUT2D eigenvalue weighted by Crippen LogP contribution is 2.21. The minimum absolute atomic E-state index is 0.0433. The van der Waals surface area contributed by atoms with Gasteiger partial charge in [-0.1, -0.05) is 0 Å². The maximum absolute atomic E-state index is 12.0. The van der Waals surface area contributed by atoms with Gasteiger partial charge >= 0.3 is 0 Å². The Labute approximate surface area is 128 Å². The number of hydrogen-bond acceptors (Lipinski definition) is 4. The van der Waals surface area contributed by atoms with Gasteiger partial charge in [-0.05, 0) is 38.1 Å². The lowest BCUT2D eigenvalue weighted by Crippen LogP contribution is -2.18. The molecular weight excluding hydrogens is 286 g/mol. The highest BCUT2D eigenvalue weighted by Gasteiger charge is 2.09. The molecule has 1 aromatic carbocycles. The van der Waals surface area contributed by atoms with E-state index in [0.717, 1.165) is 16.5 Å². The summed E-state index contributed by atoms with van der Waals surface area (Å²) >= 11 is 1.49. The largest absolute Gasteiger partial charge is 0.497 e. The summed E-state index contributed by atoms with van der Waals surface area (Å²) < 4.78 is 6.89. The fourth-order valence-corrected chi connectivity index (χ4v) is 2.52. The van der Waals surface area contributed by atoms with Crippen LogP contribution in [0.4, 0.5) is 5.82 Å². The van der Waals surface area contributed by atoms with Gasteiger partial charge < -0.3 is 10.1 Å². The molecule has 1 N–H and O–H groups in total.